The van der Waals surface area contributed by atoms with Gasteiger partial charge in [-0.3, -0.25) is 14.8 Å². The molecule has 0 atom stereocenters. The van der Waals surface area contributed by atoms with Crippen LogP contribution in [0.2, 0.25) is 0 Å². The van der Waals surface area contributed by atoms with Crippen LogP contribution in [0.1, 0.15) is 18.3 Å². The van der Waals surface area contributed by atoms with Gasteiger partial charge in [-0.25, -0.2) is 0 Å². The quantitative estimate of drug-likeness (QED) is 0.613. The summed E-state index contributed by atoms with van der Waals surface area (Å²) in [4.78, 5) is 22.1. The minimum Gasteiger partial charge on any atom is -0.469 e. The SMILES string of the molecule is C=Nc1ccc(CC(=O)OC)nc1/C=C(\C)N1CCOCC1. The molecule has 1 aliphatic rings. The summed E-state index contributed by atoms with van der Waals surface area (Å²) in [6, 6.07) is 3.58. The molecule has 22 heavy (non-hydrogen) atoms. The molecule has 1 fully saturated rings. The number of morpholine rings is 1. The van der Waals surface area contributed by atoms with Gasteiger partial charge in [-0.05, 0) is 31.9 Å². The Hall–Kier alpha value is -2.21. The van der Waals surface area contributed by atoms with Gasteiger partial charge in [0.05, 0.1) is 43.8 Å². The first kappa shape index (κ1) is 16.2. The summed E-state index contributed by atoms with van der Waals surface area (Å²) >= 11 is 0. The number of esters is 1. The van der Waals surface area contributed by atoms with Crippen LogP contribution in [0.5, 0.6) is 0 Å². The minimum atomic E-state index is -0.313. The van der Waals surface area contributed by atoms with E-state index < -0.39 is 0 Å². The number of pyridine rings is 1. The molecular weight excluding hydrogens is 282 g/mol. The Balaban J connectivity index is 2.24. The molecule has 118 valence electrons. The van der Waals surface area contributed by atoms with Gasteiger partial charge in [0.15, 0.2) is 0 Å². The third kappa shape index (κ3) is 4.14. The lowest BCUT2D eigenvalue weighted by atomic mass is 10.2. The lowest BCUT2D eigenvalue weighted by Crippen LogP contribution is -2.34. The molecular formula is C16H21N3O3. The number of carbonyl (C=O) groups excluding carboxylic acids is 1. The second kappa shape index (κ2) is 7.70. The number of hydrogen-bond acceptors (Lipinski definition) is 6. The molecule has 1 aromatic rings. The number of nitrogens with zero attached hydrogens (tertiary/aromatic N) is 3. The fourth-order valence-electron chi connectivity index (χ4n) is 2.27. The maximum absolute atomic E-state index is 11.4. The third-order valence-electron chi connectivity index (χ3n) is 3.54. The van der Waals surface area contributed by atoms with Gasteiger partial charge < -0.3 is 14.4 Å². The van der Waals surface area contributed by atoms with Gasteiger partial charge in [-0.1, -0.05) is 0 Å². The molecule has 1 saturated heterocycles. The molecule has 0 spiro atoms. The van der Waals surface area contributed by atoms with Gasteiger partial charge >= 0.3 is 5.97 Å². The lowest BCUT2D eigenvalue weighted by molar-refractivity contribution is -0.139. The maximum Gasteiger partial charge on any atom is 0.311 e. The van der Waals surface area contributed by atoms with Crippen molar-refractivity contribution in [2.45, 2.75) is 13.3 Å². The molecule has 6 heteroatoms. The Kier molecular flexibility index (Phi) is 5.66. The van der Waals surface area contributed by atoms with Crippen molar-refractivity contribution >= 4 is 24.5 Å². The number of ether oxygens (including phenoxy) is 2. The molecule has 0 N–H and O–H groups in total. The molecule has 0 amide bonds. The zero-order valence-electron chi connectivity index (χ0n) is 13.0. The zero-order valence-corrected chi connectivity index (χ0v) is 13.0. The van der Waals surface area contributed by atoms with Gasteiger partial charge in [-0.2, -0.15) is 0 Å². The van der Waals surface area contributed by atoms with Crippen LogP contribution >= 0.6 is 0 Å². The average molecular weight is 303 g/mol. The lowest BCUT2D eigenvalue weighted by Gasteiger charge is -2.29. The first-order valence-corrected chi connectivity index (χ1v) is 7.18. The van der Waals surface area contributed by atoms with E-state index in [1.807, 2.05) is 19.1 Å². The average Bonchev–Trinajstić information content (AvgIpc) is 2.55. The molecule has 1 aliphatic heterocycles. The molecule has 6 nitrogen and oxygen atoms in total. The molecule has 0 aromatic carbocycles. The van der Waals surface area contributed by atoms with Gasteiger partial charge in [-0.15, -0.1) is 0 Å². The fourth-order valence-corrected chi connectivity index (χ4v) is 2.27. The molecule has 0 saturated carbocycles. The number of aromatic nitrogens is 1. The number of methoxy groups -OCH3 is 1. The van der Waals surface area contributed by atoms with Crippen LogP contribution in [0.4, 0.5) is 5.69 Å². The van der Waals surface area contributed by atoms with Crippen molar-refractivity contribution in [3.63, 3.8) is 0 Å². The van der Waals surface area contributed by atoms with E-state index in [9.17, 15) is 4.79 Å². The predicted molar refractivity (Wildman–Crippen MR) is 85.2 cm³/mol. The topological polar surface area (TPSA) is 64.0 Å². The van der Waals surface area contributed by atoms with Crippen molar-refractivity contribution in [3.05, 3.63) is 29.2 Å². The minimum absolute atomic E-state index is 0.144. The van der Waals surface area contributed by atoms with Crippen LogP contribution in [0, 0.1) is 0 Å². The Bertz CT molecular complexity index is 578. The van der Waals surface area contributed by atoms with Crippen molar-refractivity contribution in [3.8, 4) is 0 Å². The maximum atomic E-state index is 11.4. The van der Waals surface area contributed by atoms with Crippen molar-refractivity contribution < 1.29 is 14.3 Å². The van der Waals surface area contributed by atoms with Crippen molar-refractivity contribution in [2.24, 2.45) is 4.99 Å². The van der Waals surface area contributed by atoms with Gasteiger partial charge in [0.1, 0.15) is 0 Å². The van der Waals surface area contributed by atoms with E-state index in [-0.39, 0.29) is 12.4 Å². The predicted octanol–water partition coefficient (Wildman–Crippen LogP) is 1.82. The Morgan fingerprint density at radius 2 is 2.23 bits per heavy atom. The first-order chi connectivity index (χ1) is 10.6. The highest BCUT2D eigenvalue weighted by Gasteiger charge is 2.12. The Morgan fingerprint density at radius 3 is 2.86 bits per heavy atom. The largest absolute Gasteiger partial charge is 0.469 e. The van der Waals surface area contributed by atoms with Crippen LogP contribution in [0.3, 0.4) is 0 Å². The number of carbonyl (C=O) groups is 1. The van der Waals surface area contributed by atoms with Crippen LogP contribution in [-0.4, -0.2) is 56.0 Å². The van der Waals surface area contributed by atoms with Crippen molar-refractivity contribution in [2.75, 3.05) is 33.4 Å². The molecule has 0 radical (unpaired) electrons. The standard InChI is InChI=1S/C16H21N3O3/c1-12(19-6-8-22-9-7-19)10-15-14(17-2)5-4-13(18-15)11-16(20)21-3/h4-5,10H,2,6-9,11H2,1,3H3/b12-10+. The number of aliphatic imine (C=N–C) groups is 1. The number of rotatable bonds is 5. The van der Waals surface area contributed by atoms with Crippen LogP contribution in [0.25, 0.3) is 6.08 Å². The smallest absolute Gasteiger partial charge is 0.311 e. The third-order valence-corrected chi connectivity index (χ3v) is 3.54. The fraction of sp³-hybridized carbons (Fsp3) is 0.438. The number of hydrogen-bond donors (Lipinski definition) is 0. The van der Waals surface area contributed by atoms with Gasteiger partial charge in [0.25, 0.3) is 0 Å². The summed E-state index contributed by atoms with van der Waals surface area (Å²) in [5.41, 5.74) is 3.15. The summed E-state index contributed by atoms with van der Waals surface area (Å²) in [6.07, 6.45) is 2.11. The zero-order chi connectivity index (χ0) is 15.9. The van der Waals surface area contributed by atoms with Gasteiger partial charge in [0.2, 0.25) is 0 Å². The van der Waals surface area contributed by atoms with E-state index in [1.54, 1.807) is 6.07 Å². The van der Waals surface area contributed by atoms with Crippen LogP contribution in [-0.2, 0) is 20.7 Å². The highest BCUT2D eigenvalue weighted by molar-refractivity contribution is 5.72. The number of allylic oxidation sites excluding steroid dienone is 1. The monoisotopic (exact) mass is 303 g/mol. The Labute approximate surface area is 130 Å². The van der Waals surface area contributed by atoms with Gasteiger partial charge in [0, 0.05) is 18.8 Å². The second-order valence-corrected chi connectivity index (χ2v) is 5.00. The first-order valence-electron chi connectivity index (χ1n) is 7.18. The summed E-state index contributed by atoms with van der Waals surface area (Å²) < 4.78 is 10.0. The van der Waals surface area contributed by atoms with E-state index in [0.717, 1.165) is 32.0 Å². The van der Waals surface area contributed by atoms with E-state index in [4.69, 9.17) is 4.74 Å². The molecule has 0 unspecified atom stereocenters. The summed E-state index contributed by atoms with van der Waals surface area (Å²) in [6.45, 7) is 8.79. The van der Waals surface area contributed by atoms with E-state index in [0.29, 0.717) is 17.1 Å². The highest BCUT2D eigenvalue weighted by Crippen LogP contribution is 2.21. The van der Waals surface area contributed by atoms with Crippen LogP contribution in [0.15, 0.2) is 22.8 Å². The van der Waals surface area contributed by atoms with E-state index >= 15 is 0 Å². The Morgan fingerprint density at radius 1 is 1.50 bits per heavy atom. The van der Waals surface area contributed by atoms with E-state index in [1.165, 1.54) is 7.11 Å². The van der Waals surface area contributed by atoms with Crippen molar-refractivity contribution in [1.29, 1.82) is 0 Å². The summed E-state index contributed by atoms with van der Waals surface area (Å²) in [7, 11) is 1.37. The summed E-state index contributed by atoms with van der Waals surface area (Å²) in [5, 5.41) is 0. The summed E-state index contributed by atoms with van der Waals surface area (Å²) in [5.74, 6) is -0.313. The van der Waals surface area contributed by atoms with Crippen LogP contribution < -0.4 is 0 Å². The van der Waals surface area contributed by atoms with Crippen molar-refractivity contribution in [1.82, 2.24) is 9.88 Å². The normalized spacial score (nSPS) is 15.5. The molecule has 0 bridgehead atoms. The van der Waals surface area contributed by atoms with E-state index in [2.05, 4.69) is 26.3 Å². The molecule has 2 heterocycles. The second-order valence-electron chi connectivity index (χ2n) is 5.00. The molecule has 0 aliphatic carbocycles. The molecule has 2 rings (SSSR count). The highest BCUT2D eigenvalue weighted by atomic mass is 16.5. The molecule has 1 aromatic heterocycles.